The molecule has 0 radical (unpaired) electrons. The minimum atomic E-state index is -0.200. The lowest BCUT2D eigenvalue weighted by Crippen LogP contribution is -2.34. The van der Waals surface area contributed by atoms with Crippen LogP contribution in [0.4, 0.5) is 0 Å². The molecule has 2 amide bonds. The van der Waals surface area contributed by atoms with E-state index in [1.807, 2.05) is 24.3 Å². The largest absolute Gasteiger partial charge is 0.497 e. The standard InChI is InChI=1S/C20H24N2O3/c1-14(2)15-7-9-16(10-8-15)19(23)21-11-12-22-20(24)17-5-4-6-18(13-17)25-3/h4-10,13-14H,11-12H2,1-3H3,(H,21,23)(H,22,24). The monoisotopic (exact) mass is 340 g/mol. The zero-order valence-electron chi connectivity index (χ0n) is 14.8. The Kier molecular flexibility index (Phi) is 6.57. The van der Waals surface area contributed by atoms with E-state index in [2.05, 4.69) is 24.5 Å². The Bertz CT molecular complexity index is 724. The molecule has 2 aromatic carbocycles. The highest BCUT2D eigenvalue weighted by atomic mass is 16.5. The fourth-order valence-corrected chi connectivity index (χ4v) is 2.34. The number of carbonyl (C=O) groups excluding carboxylic acids is 2. The van der Waals surface area contributed by atoms with Crippen LogP contribution in [0.15, 0.2) is 48.5 Å². The number of methoxy groups -OCH3 is 1. The molecule has 0 heterocycles. The fraction of sp³-hybridized carbons (Fsp3) is 0.300. The third-order valence-electron chi connectivity index (χ3n) is 3.87. The molecule has 0 spiro atoms. The van der Waals surface area contributed by atoms with Gasteiger partial charge in [0.15, 0.2) is 0 Å². The van der Waals surface area contributed by atoms with Crippen LogP contribution >= 0.6 is 0 Å². The highest BCUT2D eigenvalue weighted by molar-refractivity contribution is 5.95. The van der Waals surface area contributed by atoms with Gasteiger partial charge in [0, 0.05) is 24.2 Å². The molecular weight excluding hydrogens is 316 g/mol. The maximum absolute atomic E-state index is 12.1. The summed E-state index contributed by atoms with van der Waals surface area (Å²) in [5.41, 5.74) is 2.33. The van der Waals surface area contributed by atoms with Gasteiger partial charge < -0.3 is 15.4 Å². The molecule has 0 aliphatic carbocycles. The lowest BCUT2D eigenvalue weighted by atomic mass is 10.0. The molecule has 0 aliphatic heterocycles. The normalized spacial score (nSPS) is 10.4. The Morgan fingerprint density at radius 2 is 1.52 bits per heavy atom. The van der Waals surface area contributed by atoms with Crippen LogP contribution in [-0.4, -0.2) is 32.0 Å². The molecule has 132 valence electrons. The summed E-state index contributed by atoms with van der Waals surface area (Å²) < 4.78 is 5.10. The molecule has 0 bridgehead atoms. The zero-order chi connectivity index (χ0) is 18.2. The minimum absolute atomic E-state index is 0.147. The van der Waals surface area contributed by atoms with Gasteiger partial charge in [-0.15, -0.1) is 0 Å². The van der Waals surface area contributed by atoms with Crippen LogP contribution in [0, 0.1) is 0 Å². The summed E-state index contributed by atoms with van der Waals surface area (Å²) in [6, 6.07) is 14.5. The molecule has 5 nitrogen and oxygen atoms in total. The van der Waals surface area contributed by atoms with Crippen molar-refractivity contribution in [2.75, 3.05) is 20.2 Å². The molecule has 0 aliphatic rings. The summed E-state index contributed by atoms with van der Waals surface area (Å²) in [6.07, 6.45) is 0. The van der Waals surface area contributed by atoms with E-state index in [-0.39, 0.29) is 11.8 Å². The van der Waals surface area contributed by atoms with E-state index < -0.39 is 0 Å². The topological polar surface area (TPSA) is 67.4 Å². The highest BCUT2D eigenvalue weighted by Gasteiger charge is 2.08. The van der Waals surface area contributed by atoms with Gasteiger partial charge in [-0.3, -0.25) is 9.59 Å². The quantitative estimate of drug-likeness (QED) is 0.762. The number of rotatable bonds is 7. The molecule has 0 saturated heterocycles. The number of benzene rings is 2. The lowest BCUT2D eigenvalue weighted by Gasteiger charge is -2.09. The van der Waals surface area contributed by atoms with Gasteiger partial charge in [-0.2, -0.15) is 0 Å². The number of ether oxygens (including phenoxy) is 1. The summed E-state index contributed by atoms with van der Waals surface area (Å²) in [6.45, 7) is 4.94. The van der Waals surface area contributed by atoms with Gasteiger partial charge in [-0.1, -0.05) is 32.0 Å². The zero-order valence-corrected chi connectivity index (χ0v) is 14.8. The number of hydrogen-bond donors (Lipinski definition) is 2. The van der Waals surface area contributed by atoms with Crippen molar-refractivity contribution in [3.8, 4) is 5.75 Å². The Hall–Kier alpha value is -2.82. The van der Waals surface area contributed by atoms with Crippen LogP contribution < -0.4 is 15.4 Å². The van der Waals surface area contributed by atoms with Crippen molar-refractivity contribution >= 4 is 11.8 Å². The van der Waals surface area contributed by atoms with Crippen molar-refractivity contribution in [2.45, 2.75) is 19.8 Å². The summed E-state index contributed by atoms with van der Waals surface area (Å²) in [7, 11) is 1.56. The SMILES string of the molecule is COc1cccc(C(=O)NCCNC(=O)c2ccc(C(C)C)cc2)c1. The Morgan fingerprint density at radius 1 is 0.920 bits per heavy atom. The highest BCUT2D eigenvalue weighted by Crippen LogP contribution is 2.14. The maximum atomic E-state index is 12.1. The molecular formula is C20H24N2O3. The summed E-state index contributed by atoms with van der Waals surface area (Å²) in [4.78, 5) is 24.1. The van der Waals surface area contributed by atoms with Crippen LogP contribution in [0.5, 0.6) is 5.75 Å². The molecule has 0 unspecified atom stereocenters. The fourth-order valence-electron chi connectivity index (χ4n) is 2.34. The predicted octanol–water partition coefficient (Wildman–Crippen LogP) is 2.98. The van der Waals surface area contributed by atoms with Gasteiger partial charge in [-0.05, 0) is 41.8 Å². The van der Waals surface area contributed by atoms with E-state index in [0.29, 0.717) is 35.9 Å². The molecule has 2 aromatic rings. The first-order chi connectivity index (χ1) is 12.0. The van der Waals surface area contributed by atoms with Crippen molar-refractivity contribution in [2.24, 2.45) is 0 Å². The van der Waals surface area contributed by atoms with Crippen LogP contribution in [0.2, 0.25) is 0 Å². The van der Waals surface area contributed by atoms with Crippen LogP contribution in [0.1, 0.15) is 46.0 Å². The van der Waals surface area contributed by atoms with Gasteiger partial charge in [0.2, 0.25) is 0 Å². The van der Waals surface area contributed by atoms with Crippen molar-refractivity contribution < 1.29 is 14.3 Å². The van der Waals surface area contributed by atoms with E-state index in [9.17, 15) is 9.59 Å². The van der Waals surface area contributed by atoms with Crippen molar-refractivity contribution in [1.29, 1.82) is 0 Å². The molecule has 25 heavy (non-hydrogen) atoms. The predicted molar refractivity (Wildman–Crippen MR) is 98.2 cm³/mol. The van der Waals surface area contributed by atoms with Crippen molar-refractivity contribution in [1.82, 2.24) is 10.6 Å². The van der Waals surface area contributed by atoms with Gasteiger partial charge in [-0.25, -0.2) is 0 Å². The molecule has 5 heteroatoms. The molecule has 0 atom stereocenters. The molecule has 0 aromatic heterocycles. The van der Waals surface area contributed by atoms with Crippen LogP contribution in [0.3, 0.4) is 0 Å². The minimum Gasteiger partial charge on any atom is -0.497 e. The summed E-state index contributed by atoms with van der Waals surface area (Å²) >= 11 is 0. The molecule has 2 N–H and O–H groups in total. The van der Waals surface area contributed by atoms with Gasteiger partial charge >= 0.3 is 0 Å². The average molecular weight is 340 g/mol. The van der Waals surface area contributed by atoms with Crippen LogP contribution in [-0.2, 0) is 0 Å². The third kappa shape index (κ3) is 5.35. The molecule has 2 rings (SSSR count). The van der Waals surface area contributed by atoms with E-state index in [1.54, 1.807) is 31.4 Å². The molecule has 0 fully saturated rings. The Morgan fingerprint density at radius 3 is 2.08 bits per heavy atom. The smallest absolute Gasteiger partial charge is 0.251 e. The first-order valence-corrected chi connectivity index (χ1v) is 8.31. The van der Waals surface area contributed by atoms with Crippen molar-refractivity contribution in [3.05, 3.63) is 65.2 Å². The van der Waals surface area contributed by atoms with Gasteiger partial charge in [0.25, 0.3) is 11.8 Å². The van der Waals surface area contributed by atoms with E-state index >= 15 is 0 Å². The third-order valence-corrected chi connectivity index (χ3v) is 3.87. The first-order valence-electron chi connectivity index (χ1n) is 8.31. The Labute approximate surface area is 148 Å². The van der Waals surface area contributed by atoms with E-state index in [1.165, 1.54) is 5.56 Å². The number of carbonyl (C=O) groups is 2. The van der Waals surface area contributed by atoms with Crippen molar-refractivity contribution in [3.63, 3.8) is 0 Å². The average Bonchev–Trinajstić information content (AvgIpc) is 2.64. The lowest BCUT2D eigenvalue weighted by molar-refractivity contribution is 0.0927. The van der Waals surface area contributed by atoms with E-state index in [4.69, 9.17) is 4.74 Å². The second-order valence-corrected chi connectivity index (χ2v) is 6.02. The summed E-state index contributed by atoms with van der Waals surface area (Å²) in [5.74, 6) is 0.718. The van der Waals surface area contributed by atoms with Gasteiger partial charge in [0.1, 0.15) is 5.75 Å². The second-order valence-electron chi connectivity index (χ2n) is 6.02. The Balaban J connectivity index is 1.78. The second kappa shape index (κ2) is 8.87. The van der Waals surface area contributed by atoms with E-state index in [0.717, 1.165) is 0 Å². The number of amides is 2. The molecule has 0 saturated carbocycles. The maximum Gasteiger partial charge on any atom is 0.251 e. The number of nitrogens with one attached hydrogen (secondary N) is 2. The van der Waals surface area contributed by atoms with Crippen LogP contribution in [0.25, 0.3) is 0 Å². The number of hydrogen-bond acceptors (Lipinski definition) is 3. The first kappa shape index (κ1) is 18.5. The summed E-state index contributed by atoms with van der Waals surface area (Å²) in [5, 5.41) is 5.57. The van der Waals surface area contributed by atoms with Gasteiger partial charge in [0.05, 0.1) is 7.11 Å².